The average Bonchev–Trinajstić information content (AvgIpc) is 3.91. The van der Waals surface area contributed by atoms with Crippen molar-refractivity contribution in [2.75, 3.05) is 84.5 Å². The van der Waals surface area contributed by atoms with Crippen LogP contribution in [0, 0.1) is 35.0 Å². The molecule has 4 aliphatic rings. The molecule has 0 aromatic heterocycles. The molecule has 1 saturated heterocycles. The maximum atomic E-state index is 13.2. The number of aliphatic hydroxyl groups is 1. The van der Waals surface area contributed by atoms with Gasteiger partial charge in [-0.15, -0.1) is 6.42 Å². The van der Waals surface area contributed by atoms with Crippen molar-refractivity contribution in [3.8, 4) is 12.3 Å². The van der Waals surface area contributed by atoms with Crippen molar-refractivity contribution in [2.45, 2.75) is 70.7 Å². The number of cyclic esters (lactones) is 1. The third-order valence-electron chi connectivity index (χ3n) is 13.4. The van der Waals surface area contributed by atoms with Crippen LogP contribution in [0.3, 0.4) is 0 Å². The number of hydrogen-bond acceptors (Lipinski definition) is 16. The van der Waals surface area contributed by atoms with Crippen molar-refractivity contribution in [1.82, 2.24) is 5.32 Å². The van der Waals surface area contributed by atoms with Crippen molar-refractivity contribution >= 4 is 41.3 Å². The second-order valence-electron chi connectivity index (χ2n) is 17.7. The molecule has 2 heterocycles. The second-order valence-corrected chi connectivity index (χ2v) is 17.7. The summed E-state index contributed by atoms with van der Waals surface area (Å²) in [5.74, 6) is -0.672. The third-order valence-corrected chi connectivity index (χ3v) is 13.4. The Morgan fingerprint density at radius 1 is 0.788 bits per heavy atom. The van der Waals surface area contributed by atoms with Gasteiger partial charge in [0.05, 0.1) is 81.7 Å². The summed E-state index contributed by atoms with van der Waals surface area (Å²) in [4.78, 5) is 75.8. The van der Waals surface area contributed by atoms with Gasteiger partial charge in [-0.1, -0.05) is 31.9 Å². The van der Waals surface area contributed by atoms with Crippen LogP contribution in [0.15, 0.2) is 60.2 Å². The van der Waals surface area contributed by atoms with Crippen molar-refractivity contribution in [3.63, 3.8) is 0 Å². The largest absolute Gasteiger partial charge is 0.462 e. The number of esters is 4. The van der Waals surface area contributed by atoms with Crippen molar-refractivity contribution in [2.24, 2.45) is 22.7 Å². The van der Waals surface area contributed by atoms with Gasteiger partial charge in [0, 0.05) is 22.2 Å². The predicted octanol–water partition coefficient (Wildman–Crippen LogP) is 3.60. The Morgan fingerprint density at radius 2 is 1.44 bits per heavy atom. The average molecular weight is 917 g/mol. The molecule has 66 heavy (non-hydrogen) atoms. The third kappa shape index (κ3) is 12.3. The first kappa shape index (κ1) is 49.9. The smallest absolute Gasteiger partial charge is 0.344 e. The molecular formula is C49H60N2O15. The first-order chi connectivity index (χ1) is 31.7. The molecule has 0 radical (unpaired) electrons. The van der Waals surface area contributed by atoms with Gasteiger partial charge in [0.25, 0.3) is 0 Å². The number of terminal acetylenes is 1. The zero-order valence-electron chi connectivity index (χ0n) is 37.8. The Labute approximate surface area is 384 Å². The summed E-state index contributed by atoms with van der Waals surface area (Å²) < 4.78 is 43.5. The van der Waals surface area contributed by atoms with Crippen LogP contribution in [0.4, 0.5) is 5.69 Å². The number of carbonyl (C=O) groups is 6. The second kappa shape index (κ2) is 22.8. The summed E-state index contributed by atoms with van der Waals surface area (Å²) in [5.41, 5.74) is 0.314. The fourth-order valence-electron chi connectivity index (χ4n) is 10.0. The van der Waals surface area contributed by atoms with Crippen LogP contribution in [0.25, 0.3) is 0 Å². The standard InChI is InChI=1S/C49H60N2O15/c1-5-19-59-21-22-60-23-24-61-25-26-62-42(54)29-50-28-41(53)51-35-12-10-33(11-13-35)44(56)32-6-8-34(9-7-32)45(57)64-30-43(55)65-31-48(3)38-14-18-49(4)39(47(38,2)17-15-40(48)52)27-37(66-49)36-16-20-63-46(36)58/h1,6-13,16,37-40,50,52H,14-15,17-31H2,2-4H3,(H,51,53)/t37?,38?,39?,40-,47-,48+,49?/m1/s1. The molecule has 4 unspecified atom stereocenters. The Balaban J connectivity index is 0.881. The lowest BCUT2D eigenvalue weighted by Gasteiger charge is -2.61. The number of hydrogen-bond donors (Lipinski definition) is 3. The molecule has 1 amide bonds. The molecule has 0 spiro atoms. The van der Waals surface area contributed by atoms with E-state index < -0.39 is 47.5 Å². The molecule has 356 valence electrons. The highest BCUT2D eigenvalue weighted by Gasteiger charge is 2.65. The maximum Gasteiger partial charge on any atom is 0.344 e. The lowest BCUT2D eigenvalue weighted by atomic mass is 9.44. The molecule has 6 rings (SSSR count). The minimum absolute atomic E-state index is 0.000400. The molecule has 0 bridgehead atoms. The SMILES string of the molecule is C#CCOCCOCCOCCOC(=O)CNCC(=O)Nc1ccc(C(=O)c2ccc(C(=O)OCC(=O)OC[C@@]3(C)C4CCC5(C)OC(C6=CCOC6=O)CC5[C@]4(C)CC[C@H]3O)cc2)cc1. The van der Waals surface area contributed by atoms with Crippen molar-refractivity contribution in [1.29, 1.82) is 0 Å². The number of rotatable bonds is 23. The topological polar surface area (TPSA) is 221 Å². The van der Waals surface area contributed by atoms with E-state index in [0.717, 1.165) is 19.3 Å². The van der Waals surface area contributed by atoms with Gasteiger partial charge in [0.2, 0.25) is 5.91 Å². The molecule has 17 nitrogen and oxygen atoms in total. The van der Waals surface area contributed by atoms with E-state index in [4.69, 9.17) is 44.3 Å². The Morgan fingerprint density at radius 3 is 2.11 bits per heavy atom. The summed E-state index contributed by atoms with van der Waals surface area (Å²) in [5, 5.41) is 16.8. The quantitative estimate of drug-likeness (QED) is 0.0477. The first-order valence-corrected chi connectivity index (χ1v) is 22.3. The number of carbonyl (C=O) groups excluding carboxylic acids is 6. The maximum absolute atomic E-state index is 13.2. The van der Waals surface area contributed by atoms with Crippen LogP contribution in [-0.4, -0.2) is 138 Å². The van der Waals surface area contributed by atoms with Crippen LogP contribution in [0.5, 0.6) is 0 Å². The molecular weight excluding hydrogens is 857 g/mol. The minimum atomic E-state index is -0.778. The van der Waals surface area contributed by atoms with Gasteiger partial charge in [-0.3, -0.25) is 19.7 Å². The summed E-state index contributed by atoms with van der Waals surface area (Å²) in [6, 6.07) is 12.0. The molecule has 2 aliphatic carbocycles. The molecule has 2 aromatic carbocycles. The number of amides is 1. The molecule has 17 heteroatoms. The van der Waals surface area contributed by atoms with Crippen molar-refractivity contribution < 1.29 is 71.8 Å². The molecule has 2 aromatic rings. The van der Waals surface area contributed by atoms with E-state index in [0.29, 0.717) is 61.7 Å². The molecule has 2 saturated carbocycles. The lowest BCUT2D eigenvalue weighted by Crippen LogP contribution is -2.61. The highest BCUT2D eigenvalue weighted by atomic mass is 16.6. The number of fused-ring (bicyclic) bond motifs is 3. The number of anilines is 1. The fourth-order valence-corrected chi connectivity index (χ4v) is 10.0. The van der Waals surface area contributed by atoms with E-state index in [1.54, 1.807) is 30.3 Å². The number of benzene rings is 2. The molecule has 7 atom stereocenters. The van der Waals surface area contributed by atoms with Crippen molar-refractivity contribution in [3.05, 3.63) is 76.9 Å². The van der Waals surface area contributed by atoms with Gasteiger partial charge in [-0.05, 0) is 98.8 Å². The fraction of sp³-hybridized carbons (Fsp3) is 0.551. The molecule has 3 fully saturated rings. The normalized spacial score (nSPS) is 26.5. The van der Waals surface area contributed by atoms with Crippen LogP contribution >= 0.6 is 0 Å². The zero-order valence-corrected chi connectivity index (χ0v) is 37.8. The Hall–Kier alpha value is -5.48. The lowest BCUT2D eigenvalue weighted by molar-refractivity contribution is -0.204. The zero-order chi connectivity index (χ0) is 47.3. The van der Waals surface area contributed by atoms with Gasteiger partial charge in [0.15, 0.2) is 12.4 Å². The van der Waals surface area contributed by atoms with Crippen LogP contribution in [-0.2, 0) is 57.1 Å². The number of aliphatic hydroxyl groups excluding tert-OH is 1. The van der Waals surface area contributed by atoms with Gasteiger partial charge < -0.3 is 48.3 Å². The van der Waals surface area contributed by atoms with Gasteiger partial charge in [-0.25, -0.2) is 14.4 Å². The first-order valence-electron chi connectivity index (χ1n) is 22.3. The van der Waals surface area contributed by atoms with Crippen LogP contribution in [0.2, 0.25) is 0 Å². The molecule has 2 aliphatic heterocycles. The van der Waals surface area contributed by atoms with E-state index in [2.05, 4.69) is 30.4 Å². The summed E-state index contributed by atoms with van der Waals surface area (Å²) >= 11 is 0. The van der Waals surface area contributed by atoms with Gasteiger partial charge in [-0.2, -0.15) is 0 Å². The number of ether oxygens (including phenoxy) is 8. The van der Waals surface area contributed by atoms with Crippen LogP contribution in [0.1, 0.15) is 79.2 Å². The van der Waals surface area contributed by atoms with Gasteiger partial charge in [0.1, 0.15) is 19.8 Å². The monoisotopic (exact) mass is 916 g/mol. The minimum Gasteiger partial charge on any atom is -0.462 e. The number of ketones is 1. The highest BCUT2D eigenvalue weighted by molar-refractivity contribution is 6.09. The Bertz CT molecular complexity index is 2130. The summed E-state index contributed by atoms with van der Waals surface area (Å²) in [6.45, 7) is 7.46. The van der Waals surface area contributed by atoms with E-state index >= 15 is 0 Å². The van der Waals surface area contributed by atoms with Crippen LogP contribution < -0.4 is 10.6 Å². The number of nitrogens with one attached hydrogen (secondary N) is 2. The highest BCUT2D eigenvalue weighted by Crippen LogP contribution is 2.66. The van der Waals surface area contributed by atoms with E-state index in [1.807, 2.05) is 6.92 Å². The summed E-state index contributed by atoms with van der Waals surface area (Å²) in [6.07, 6.45) is 9.25. The van der Waals surface area contributed by atoms with E-state index in [-0.39, 0.29) is 86.8 Å². The Kier molecular flexibility index (Phi) is 17.3. The molecule has 3 N–H and O–H groups in total. The van der Waals surface area contributed by atoms with Gasteiger partial charge >= 0.3 is 23.9 Å². The predicted molar refractivity (Wildman–Crippen MR) is 236 cm³/mol. The van der Waals surface area contributed by atoms with E-state index in [1.165, 1.54) is 24.3 Å². The summed E-state index contributed by atoms with van der Waals surface area (Å²) in [7, 11) is 0. The van der Waals surface area contributed by atoms with E-state index in [9.17, 15) is 33.9 Å².